The largest absolute Gasteiger partial charge is 0.308 e. The van der Waals surface area contributed by atoms with Crippen molar-refractivity contribution in [1.29, 1.82) is 0 Å². The van der Waals surface area contributed by atoms with Gasteiger partial charge in [0.05, 0.1) is 10.6 Å². The molecule has 8 heteroatoms. The molecule has 0 N–H and O–H groups in total. The number of sulfonamides is 1. The summed E-state index contributed by atoms with van der Waals surface area (Å²) in [6.45, 7) is 2.64. The van der Waals surface area contributed by atoms with Crippen molar-refractivity contribution in [2.75, 3.05) is 18.0 Å². The van der Waals surface area contributed by atoms with E-state index in [0.29, 0.717) is 18.5 Å². The molecule has 0 spiro atoms. The lowest BCUT2D eigenvalue weighted by molar-refractivity contribution is 0.0989. The second kappa shape index (κ2) is 7.50. The number of carbonyl (C=O) groups is 1. The van der Waals surface area contributed by atoms with Crippen LogP contribution < -0.4 is 4.90 Å². The van der Waals surface area contributed by atoms with E-state index in [1.165, 1.54) is 33.5 Å². The van der Waals surface area contributed by atoms with Crippen molar-refractivity contribution < 1.29 is 22.0 Å². The zero-order valence-corrected chi connectivity index (χ0v) is 16.9. The summed E-state index contributed by atoms with van der Waals surface area (Å²) in [6.07, 6.45) is 2.99. The Balaban J connectivity index is 1.59. The van der Waals surface area contributed by atoms with Crippen LogP contribution in [0.15, 0.2) is 41.3 Å². The van der Waals surface area contributed by atoms with Gasteiger partial charge in [-0.1, -0.05) is 6.42 Å². The lowest BCUT2D eigenvalue weighted by Crippen LogP contribution is -2.41. The number of fused-ring (bicyclic) bond motifs is 1. The third kappa shape index (κ3) is 3.55. The molecule has 2 aliphatic rings. The molecule has 1 atom stereocenters. The molecule has 2 heterocycles. The standard InChI is InChI=1S/C21H22F2N2O3S/c1-14-4-2-3-10-25(14)29(27,28)17-7-5-15(6-8-17)21(26)24-11-9-18-19(23)12-16(22)13-20(18)24/h5-8,12-14H,2-4,9-11H2,1H3. The van der Waals surface area contributed by atoms with Crippen molar-refractivity contribution in [3.8, 4) is 0 Å². The highest BCUT2D eigenvalue weighted by Gasteiger charge is 2.32. The van der Waals surface area contributed by atoms with Crippen LogP contribution in [0.1, 0.15) is 42.1 Å². The predicted molar refractivity (Wildman–Crippen MR) is 105 cm³/mol. The molecule has 1 saturated heterocycles. The van der Waals surface area contributed by atoms with Gasteiger partial charge in [-0.3, -0.25) is 4.79 Å². The third-order valence-electron chi connectivity index (χ3n) is 5.71. The quantitative estimate of drug-likeness (QED) is 0.760. The Labute approximate surface area is 169 Å². The number of benzene rings is 2. The number of hydrogen-bond donors (Lipinski definition) is 0. The third-order valence-corrected chi connectivity index (χ3v) is 7.74. The first-order chi connectivity index (χ1) is 13.8. The fourth-order valence-electron chi connectivity index (χ4n) is 4.12. The number of amides is 1. The molecule has 1 amide bonds. The number of carbonyl (C=O) groups excluding carboxylic acids is 1. The summed E-state index contributed by atoms with van der Waals surface area (Å²) in [5.74, 6) is -1.81. The van der Waals surface area contributed by atoms with Crippen LogP contribution in [-0.2, 0) is 16.4 Å². The fraction of sp³-hybridized carbons (Fsp3) is 0.381. The van der Waals surface area contributed by atoms with Crippen LogP contribution in [0.25, 0.3) is 0 Å². The Morgan fingerprint density at radius 2 is 1.79 bits per heavy atom. The SMILES string of the molecule is CC1CCCCN1S(=O)(=O)c1ccc(C(=O)N2CCc3c(F)cc(F)cc32)cc1. The number of rotatable bonds is 3. The van der Waals surface area contributed by atoms with Gasteiger partial charge >= 0.3 is 0 Å². The number of nitrogens with zero attached hydrogens (tertiary/aromatic N) is 2. The summed E-state index contributed by atoms with van der Waals surface area (Å²) >= 11 is 0. The molecule has 2 aromatic carbocycles. The van der Waals surface area contributed by atoms with Crippen LogP contribution in [0.5, 0.6) is 0 Å². The van der Waals surface area contributed by atoms with Crippen molar-refractivity contribution in [3.63, 3.8) is 0 Å². The van der Waals surface area contributed by atoms with Crippen molar-refractivity contribution in [3.05, 3.63) is 59.2 Å². The van der Waals surface area contributed by atoms with Gasteiger partial charge in [-0.2, -0.15) is 4.31 Å². The number of anilines is 1. The summed E-state index contributed by atoms with van der Waals surface area (Å²) in [7, 11) is -3.62. The van der Waals surface area contributed by atoms with E-state index in [9.17, 15) is 22.0 Å². The van der Waals surface area contributed by atoms with Crippen molar-refractivity contribution in [2.45, 2.75) is 43.5 Å². The van der Waals surface area contributed by atoms with Gasteiger partial charge in [0, 0.05) is 36.3 Å². The monoisotopic (exact) mass is 420 g/mol. The number of halogens is 2. The average Bonchev–Trinajstić information content (AvgIpc) is 3.12. The topological polar surface area (TPSA) is 57.7 Å². The van der Waals surface area contributed by atoms with Gasteiger partial charge in [0.1, 0.15) is 11.6 Å². The Morgan fingerprint density at radius 1 is 1.07 bits per heavy atom. The molecule has 0 aliphatic carbocycles. The molecule has 29 heavy (non-hydrogen) atoms. The summed E-state index contributed by atoms with van der Waals surface area (Å²) in [5, 5.41) is 0. The fourth-order valence-corrected chi connectivity index (χ4v) is 5.82. The van der Waals surface area contributed by atoms with E-state index in [1.807, 2.05) is 6.92 Å². The molecule has 154 valence electrons. The molecule has 0 radical (unpaired) electrons. The van der Waals surface area contributed by atoms with Gasteiger partial charge in [-0.25, -0.2) is 17.2 Å². The van der Waals surface area contributed by atoms with E-state index < -0.39 is 27.6 Å². The van der Waals surface area contributed by atoms with E-state index in [0.717, 1.165) is 31.4 Å². The van der Waals surface area contributed by atoms with Crippen LogP contribution in [0.2, 0.25) is 0 Å². The van der Waals surface area contributed by atoms with Gasteiger partial charge in [0.25, 0.3) is 5.91 Å². The van der Waals surface area contributed by atoms with Crippen molar-refractivity contribution in [2.24, 2.45) is 0 Å². The molecule has 5 nitrogen and oxygen atoms in total. The lowest BCUT2D eigenvalue weighted by Gasteiger charge is -2.32. The van der Waals surface area contributed by atoms with E-state index >= 15 is 0 Å². The molecular weight excluding hydrogens is 398 g/mol. The smallest absolute Gasteiger partial charge is 0.258 e. The molecule has 1 fully saturated rings. The molecule has 0 aromatic heterocycles. The first-order valence-corrected chi connectivity index (χ1v) is 11.1. The van der Waals surface area contributed by atoms with Crippen LogP contribution in [0.4, 0.5) is 14.5 Å². The van der Waals surface area contributed by atoms with Gasteiger partial charge in [0.15, 0.2) is 0 Å². The Bertz CT molecular complexity index is 1050. The second-order valence-electron chi connectivity index (χ2n) is 7.58. The summed E-state index contributed by atoms with van der Waals surface area (Å²) < 4.78 is 54.9. The predicted octanol–water partition coefficient (Wildman–Crippen LogP) is 3.73. The molecule has 2 aromatic rings. The molecular formula is C21H22F2N2O3S. The summed E-state index contributed by atoms with van der Waals surface area (Å²) in [6, 6.07) is 7.67. The zero-order valence-electron chi connectivity index (χ0n) is 16.1. The molecule has 2 aliphatic heterocycles. The lowest BCUT2D eigenvalue weighted by atomic mass is 10.1. The second-order valence-corrected chi connectivity index (χ2v) is 9.47. The van der Waals surface area contributed by atoms with E-state index in [2.05, 4.69) is 0 Å². The first-order valence-electron chi connectivity index (χ1n) is 9.71. The Morgan fingerprint density at radius 3 is 2.48 bits per heavy atom. The van der Waals surface area contributed by atoms with Gasteiger partial charge < -0.3 is 4.90 Å². The van der Waals surface area contributed by atoms with E-state index in [4.69, 9.17) is 0 Å². The molecule has 4 rings (SSSR count). The highest BCUT2D eigenvalue weighted by molar-refractivity contribution is 7.89. The van der Waals surface area contributed by atoms with Gasteiger partial charge in [0.2, 0.25) is 10.0 Å². The maximum atomic E-state index is 13.9. The minimum Gasteiger partial charge on any atom is -0.308 e. The first kappa shape index (κ1) is 20.0. The minimum atomic E-state index is -3.62. The maximum Gasteiger partial charge on any atom is 0.258 e. The molecule has 1 unspecified atom stereocenters. The van der Waals surface area contributed by atoms with Crippen LogP contribution >= 0.6 is 0 Å². The van der Waals surface area contributed by atoms with Crippen LogP contribution in [0.3, 0.4) is 0 Å². The summed E-state index contributed by atoms with van der Waals surface area (Å²) in [4.78, 5) is 14.3. The van der Waals surface area contributed by atoms with Crippen LogP contribution in [0, 0.1) is 11.6 Å². The minimum absolute atomic E-state index is 0.0547. The van der Waals surface area contributed by atoms with Crippen LogP contribution in [-0.4, -0.2) is 37.8 Å². The average molecular weight is 420 g/mol. The normalized spacial score (nSPS) is 20.0. The Kier molecular flexibility index (Phi) is 5.16. The Hall–Kier alpha value is -2.32. The zero-order chi connectivity index (χ0) is 20.8. The highest BCUT2D eigenvalue weighted by atomic mass is 32.2. The molecule has 0 saturated carbocycles. The van der Waals surface area contributed by atoms with Crippen molar-refractivity contribution >= 4 is 21.6 Å². The highest BCUT2D eigenvalue weighted by Crippen LogP contribution is 2.32. The molecule has 0 bridgehead atoms. The number of piperidine rings is 1. The van der Waals surface area contributed by atoms with Crippen molar-refractivity contribution in [1.82, 2.24) is 4.31 Å². The van der Waals surface area contributed by atoms with E-state index in [-0.39, 0.29) is 28.7 Å². The van der Waals surface area contributed by atoms with Gasteiger partial charge in [-0.15, -0.1) is 0 Å². The summed E-state index contributed by atoms with van der Waals surface area (Å²) in [5.41, 5.74) is 0.817. The van der Waals surface area contributed by atoms with Gasteiger partial charge in [-0.05, 0) is 56.5 Å². The number of hydrogen-bond acceptors (Lipinski definition) is 3. The maximum absolute atomic E-state index is 13.9. The van der Waals surface area contributed by atoms with E-state index in [1.54, 1.807) is 0 Å².